The Labute approximate surface area is 107 Å². The fraction of sp³-hybridized carbons (Fsp3) is 0.286. The third-order valence-electron chi connectivity index (χ3n) is 2.95. The molecular formula is C14H17N3O. The zero-order chi connectivity index (χ0) is 13.1. The molecule has 0 aliphatic rings. The van der Waals surface area contributed by atoms with Gasteiger partial charge in [-0.1, -0.05) is 0 Å². The average Bonchev–Trinajstić information content (AvgIpc) is 2.74. The maximum absolute atomic E-state index is 10.7. The molecule has 0 fully saturated rings. The Balaban J connectivity index is 2.18. The van der Waals surface area contributed by atoms with E-state index in [9.17, 15) is 4.79 Å². The van der Waals surface area contributed by atoms with Crippen molar-refractivity contribution in [3.8, 4) is 0 Å². The summed E-state index contributed by atoms with van der Waals surface area (Å²) in [7, 11) is 3.95. The zero-order valence-corrected chi connectivity index (χ0v) is 10.9. The van der Waals surface area contributed by atoms with Gasteiger partial charge < -0.3 is 4.90 Å². The van der Waals surface area contributed by atoms with Crippen LogP contribution in [0, 0.1) is 6.92 Å². The van der Waals surface area contributed by atoms with E-state index in [1.54, 1.807) is 4.68 Å². The topological polar surface area (TPSA) is 38.1 Å². The summed E-state index contributed by atoms with van der Waals surface area (Å²) in [5, 5.41) is 4.16. The molecule has 1 heterocycles. The van der Waals surface area contributed by atoms with Gasteiger partial charge in [-0.2, -0.15) is 5.10 Å². The van der Waals surface area contributed by atoms with E-state index in [1.807, 2.05) is 51.6 Å². The molecule has 94 valence electrons. The number of aryl methyl sites for hydroxylation is 2. The van der Waals surface area contributed by atoms with Gasteiger partial charge in [0.05, 0.1) is 6.20 Å². The van der Waals surface area contributed by atoms with Crippen molar-refractivity contribution in [2.24, 2.45) is 7.05 Å². The van der Waals surface area contributed by atoms with Crippen LogP contribution in [0.3, 0.4) is 0 Å². The molecule has 0 saturated heterocycles. The van der Waals surface area contributed by atoms with Gasteiger partial charge in [0.2, 0.25) is 0 Å². The molecule has 18 heavy (non-hydrogen) atoms. The van der Waals surface area contributed by atoms with Gasteiger partial charge in [0, 0.05) is 43.7 Å². The summed E-state index contributed by atoms with van der Waals surface area (Å²) >= 11 is 0. The first kappa shape index (κ1) is 12.4. The Morgan fingerprint density at radius 3 is 2.78 bits per heavy atom. The van der Waals surface area contributed by atoms with Gasteiger partial charge in [-0.05, 0) is 30.7 Å². The maximum atomic E-state index is 10.7. The molecule has 2 aromatic rings. The lowest BCUT2D eigenvalue weighted by molar-refractivity contribution is 0.112. The van der Waals surface area contributed by atoms with Crippen LogP contribution in [0.25, 0.3) is 0 Å². The predicted octanol–water partition coefficient (Wildman–Crippen LogP) is 2.18. The van der Waals surface area contributed by atoms with E-state index in [-0.39, 0.29) is 0 Å². The lowest BCUT2D eigenvalue weighted by Gasteiger charge is -2.20. The second-order valence-electron chi connectivity index (χ2n) is 4.54. The molecule has 4 heteroatoms. The second kappa shape index (κ2) is 5.04. The molecule has 1 aromatic carbocycles. The Hall–Kier alpha value is -2.10. The molecule has 4 nitrogen and oxygen atoms in total. The van der Waals surface area contributed by atoms with Crippen molar-refractivity contribution in [2.75, 3.05) is 11.9 Å². The second-order valence-corrected chi connectivity index (χ2v) is 4.54. The number of aldehydes is 1. The molecule has 0 saturated carbocycles. The minimum Gasteiger partial charge on any atom is -0.370 e. The summed E-state index contributed by atoms with van der Waals surface area (Å²) in [6, 6.07) is 5.73. The number of anilines is 1. The van der Waals surface area contributed by atoms with E-state index in [0.717, 1.165) is 24.1 Å². The van der Waals surface area contributed by atoms with Crippen LogP contribution in [0.5, 0.6) is 0 Å². The largest absolute Gasteiger partial charge is 0.370 e. The van der Waals surface area contributed by atoms with Crippen LogP contribution >= 0.6 is 0 Å². The van der Waals surface area contributed by atoms with Crippen LogP contribution in [0.4, 0.5) is 5.69 Å². The normalized spacial score (nSPS) is 10.4. The van der Waals surface area contributed by atoms with Crippen LogP contribution in [0.1, 0.15) is 21.5 Å². The molecule has 0 aliphatic carbocycles. The Morgan fingerprint density at radius 1 is 1.44 bits per heavy atom. The smallest absolute Gasteiger partial charge is 0.150 e. The van der Waals surface area contributed by atoms with Gasteiger partial charge in [0.25, 0.3) is 0 Å². The number of carbonyl (C=O) groups is 1. The Bertz CT molecular complexity index is 560. The third kappa shape index (κ3) is 2.59. The monoisotopic (exact) mass is 243 g/mol. The summed E-state index contributed by atoms with van der Waals surface area (Å²) in [5.41, 5.74) is 4.11. The van der Waals surface area contributed by atoms with Crippen LogP contribution in [0.2, 0.25) is 0 Å². The van der Waals surface area contributed by atoms with E-state index in [0.29, 0.717) is 5.56 Å². The van der Waals surface area contributed by atoms with Crippen LogP contribution in [0.15, 0.2) is 30.6 Å². The molecular weight excluding hydrogens is 226 g/mol. The standard InChI is InChI=1S/C14H17N3O/c1-11-6-12(10-18)4-5-14(11)16(2)8-13-7-15-17(3)9-13/h4-7,9-10H,8H2,1-3H3. The zero-order valence-electron chi connectivity index (χ0n) is 10.9. The highest BCUT2D eigenvalue weighted by Crippen LogP contribution is 2.21. The lowest BCUT2D eigenvalue weighted by Crippen LogP contribution is -2.17. The molecule has 1 aromatic heterocycles. The predicted molar refractivity (Wildman–Crippen MR) is 71.9 cm³/mol. The molecule has 0 unspecified atom stereocenters. The highest BCUT2D eigenvalue weighted by Gasteiger charge is 2.07. The van der Waals surface area contributed by atoms with Crippen molar-refractivity contribution in [1.82, 2.24) is 9.78 Å². The Kier molecular flexibility index (Phi) is 3.46. The van der Waals surface area contributed by atoms with Gasteiger partial charge in [-0.15, -0.1) is 0 Å². The van der Waals surface area contributed by atoms with Crippen molar-refractivity contribution in [1.29, 1.82) is 0 Å². The van der Waals surface area contributed by atoms with Crippen LogP contribution in [-0.4, -0.2) is 23.1 Å². The van der Waals surface area contributed by atoms with Crippen molar-refractivity contribution in [3.05, 3.63) is 47.3 Å². The summed E-state index contributed by atoms with van der Waals surface area (Å²) in [5.74, 6) is 0. The van der Waals surface area contributed by atoms with Crippen LogP contribution < -0.4 is 4.90 Å². The summed E-state index contributed by atoms with van der Waals surface area (Å²) in [4.78, 5) is 12.9. The van der Waals surface area contributed by atoms with Crippen molar-refractivity contribution in [2.45, 2.75) is 13.5 Å². The average molecular weight is 243 g/mol. The van der Waals surface area contributed by atoms with E-state index in [4.69, 9.17) is 0 Å². The van der Waals surface area contributed by atoms with E-state index in [1.165, 1.54) is 5.56 Å². The number of rotatable bonds is 4. The number of hydrogen-bond acceptors (Lipinski definition) is 3. The first-order valence-electron chi connectivity index (χ1n) is 5.84. The fourth-order valence-electron chi connectivity index (χ4n) is 2.09. The summed E-state index contributed by atoms with van der Waals surface area (Å²) < 4.78 is 1.80. The van der Waals surface area contributed by atoms with Gasteiger partial charge in [0.1, 0.15) is 6.29 Å². The minimum atomic E-state index is 0.714. The lowest BCUT2D eigenvalue weighted by atomic mass is 10.1. The minimum absolute atomic E-state index is 0.714. The van der Waals surface area contributed by atoms with E-state index >= 15 is 0 Å². The summed E-state index contributed by atoms with van der Waals surface area (Å²) in [6.45, 7) is 2.82. The van der Waals surface area contributed by atoms with Gasteiger partial charge >= 0.3 is 0 Å². The number of carbonyl (C=O) groups excluding carboxylic acids is 1. The first-order chi connectivity index (χ1) is 8.60. The molecule has 0 radical (unpaired) electrons. The maximum Gasteiger partial charge on any atom is 0.150 e. The molecule has 0 bridgehead atoms. The van der Waals surface area contributed by atoms with E-state index < -0.39 is 0 Å². The third-order valence-corrected chi connectivity index (χ3v) is 2.95. The first-order valence-corrected chi connectivity index (χ1v) is 5.84. The molecule has 0 N–H and O–H groups in total. The van der Waals surface area contributed by atoms with Crippen molar-refractivity contribution >= 4 is 12.0 Å². The Morgan fingerprint density at radius 2 is 2.22 bits per heavy atom. The van der Waals surface area contributed by atoms with Crippen LogP contribution in [-0.2, 0) is 13.6 Å². The molecule has 0 spiro atoms. The van der Waals surface area contributed by atoms with Gasteiger partial charge in [-0.3, -0.25) is 9.48 Å². The van der Waals surface area contributed by atoms with Gasteiger partial charge in [-0.25, -0.2) is 0 Å². The highest BCUT2D eigenvalue weighted by atomic mass is 16.1. The van der Waals surface area contributed by atoms with Crippen molar-refractivity contribution in [3.63, 3.8) is 0 Å². The van der Waals surface area contributed by atoms with Gasteiger partial charge in [0.15, 0.2) is 0 Å². The fourth-order valence-corrected chi connectivity index (χ4v) is 2.09. The SMILES string of the molecule is Cc1cc(C=O)ccc1N(C)Cc1cnn(C)c1. The quantitative estimate of drug-likeness (QED) is 0.772. The molecule has 0 aliphatic heterocycles. The number of aromatic nitrogens is 2. The number of hydrogen-bond donors (Lipinski definition) is 0. The van der Waals surface area contributed by atoms with E-state index in [2.05, 4.69) is 10.00 Å². The number of nitrogens with zero attached hydrogens (tertiary/aromatic N) is 3. The molecule has 0 amide bonds. The van der Waals surface area contributed by atoms with Crippen molar-refractivity contribution < 1.29 is 4.79 Å². The highest BCUT2D eigenvalue weighted by molar-refractivity contribution is 5.76. The summed E-state index contributed by atoms with van der Waals surface area (Å²) in [6.07, 6.45) is 4.75. The molecule has 2 rings (SSSR count). The number of benzene rings is 1. The molecule has 0 atom stereocenters.